The fourth-order valence-corrected chi connectivity index (χ4v) is 2.67. The van der Waals surface area contributed by atoms with Gasteiger partial charge in [-0.15, -0.1) is 0 Å². The molecule has 0 aliphatic carbocycles. The Labute approximate surface area is 140 Å². The second-order valence-electron chi connectivity index (χ2n) is 5.67. The van der Waals surface area contributed by atoms with E-state index in [2.05, 4.69) is 27.3 Å². The van der Waals surface area contributed by atoms with Crippen molar-refractivity contribution in [2.45, 2.75) is 13.1 Å². The van der Waals surface area contributed by atoms with Crippen molar-refractivity contribution in [1.82, 2.24) is 9.88 Å². The lowest BCUT2D eigenvalue weighted by Crippen LogP contribution is -2.35. The molecule has 126 valence electrons. The number of nitrogens with zero attached hydrogens (tertiary/aromatic N) is 3. The van der Waals surface area contributed by atoms with E-state index < -0.39 is 4.92 Å². The van der Waals surface area contributed by atoms with E-state index in [-0.39, 0.29) is 5.69 Å². The van der Waals surface area contributed by atoms with Crippen LogP contribution in [0, 0.1) is 10.1 Å². The van der Waals surface area contributed by atoms with E-state index in [9.17, 15) is 10.1 Å². The van der Waals surface area contributed by atoms with Crippen molar-refractivity contribution >= 4 is 11.5 Å². The van der Waals surface area contributed by atoms with Crippen molar-refractivity contribution in [3.05, 3.63) is 63.8 Å². The van der Waals surface area contributed by atoms with Gasteiger partial charge in [-0.3, -0.25) is 15.0 Å². The molecule has 0 atom stereocenters. The molecule has 1 aliphatic rings. The summed E-state index contributed by atoms with van der Waals surface area (Å²) < 4.78 is 5.39. The van der Waals surface area contributed by atoms with E-state index in [1.807, 2.05) is 12.1 Å². The maximum absolute atomic E-state index is 10.7. The van der Waals surface area contributed by atoms with Gasteiger partial charge in [0, 0.05) is 32.2 Å². The van der Waals surface area contributed by atoms with Gasteiger partial charge < -0.3 is 10.1 Å². The van der Waals surface area contributed by atoms with Gasteiger partial charge in [0.1, 0.15) is 12.0 Å². The van der Waals surface area contributed by atoms with Crippen LogP contribution >= 0.6 is 0 Å². The zero-order valence-corrected chi connectivity index (χ0v) is 13.4. The molecule has 0 saturated carbocycles. The monoisotopic (exact) mass is 328 g/mol. The predicted molar refractivity (Wildman–Crippen MR) is 90.8 cm³/mol. The summed E-state index contributed by atoms with van der Waals surface area (Å²) in [7, 11) is 0. The average Bonchev–Trinajstić information content (AvgIpc) is 2.62. The third-order valence-corrected chi connectivity index (χ3v) is 4.03. The fraction of sp³-hybridized carbons (Fsp3) is 0.353. The lowest BCUT2D eigenvalue weighted by atomic mass is 10.1. The maximum atomic E-state index is 10.7. The van der Waals surface area contributed by atoms with E-state index in [1.54, 1.807) is 6.07 Å². The number of ether oxygens (including phenoxy) is 1. The Kier molecular flexibility index (Phi) is 5.35. The maximum Gasteiger partial charge on any atom is 0.287 e. The number of morpholine rings is 1. The highest BCUT2D eigenvalue weighted by molar-refractivity contribution is 5.41. The van der Waals surface area contributed by atoms with Crippen LogP contribution in [0.2, 0.25) is 0 Å². The van der Waals surface area contributed by atoms with Gasteiger partial charge >= 0.3 is 0 Å². The van der Waals surface area contributed by atoms with Crippen molar-refractivity contribution in [3.63, 3.8) is 0 Å². The lowest BCUT2D eigenvalue weighted by Gasteiger charge is -2.27. The van der Waals surface area contributed by atoms with Crippen molar-refractivity contribution in [3.8, 4) is 0 Å². The lowest BCUT2D eigenvalue weighted by molar-refractivity contribution is -0.385. The van der Waals surface area contributed by atoms with Crippen LogP contribution in [0.5, 0.6) is 0 Å². The second-order valence-corrected chi connectivity index (χ2v) is 5.67. The SMILES string of the molecule is O=[N+]([O-])c1ccc(NCc2ccccc2CN2CCOCC2)nc1. The van der Waals surface area contributed by atoms with Crippen molar-refractivity contribution in [2.24, 2.45) is 0 Å². The normalized spacial score (nSPS) is 15.2. The molecule has 0 unspecified atom stereocenters. The Balaban J connectivity index is 1.63. The van der Waals surface area contributed by atoms with Crippen molar-refractivity contribution < 1.29 is 9.66 Å². The molecule has 1 fully saturated rings. The molecule has 0 bridgehead atoms. The highest BCUT2D eigenvalue weighted by atomic mass is 16.6. The molecular weight excluding hydrogens is 308 g/mol. The van der Waals surface area contributed by atoms with Crippen LogP contribution in [-0.4, -0.2) is 41.1 Å². The van der Waals surface area contributed by atoms with E-state index in [0.717, 1.165) is 32.8 Å². The molecule has 2 heterocycles. The minimum Gasteiger partial charge on any atom is -0.379 e. The largest absolute Gasteiger partial charge is 0.379 e. The van der Waals surface area contributed by atoms with Crippen LogP contribution in [-0.2, 0) is 17.8 Å². The number of hydrogen-bond acceptors (Lipinski definition) is 6. The fourth-order valence-electron chi connectivity index (χ4n) is 2.67. The number of pyridine rings is 1. The van der Waals surface area contributed by atoms with Gasteiger partial charge in [0.15, 0.2) is 0 Å². The zero-order chi connectivity index (χ0) is 16.8. The predicted octanol–water partition coefficient (Wildman–Crippen LogP) is 2.43. The molecule has 0 spiro atoms. The van der Waals surface area contributed by atoms with Gasteiger partial charge in [-0.05, 0) is 17.2 Å². The first-order valence-electron chi connectivity index (χ1n) is 7.93. The molecule has 7 heteroatoms. The third-order valence-electron chi connectivity index (χ3n) is 4.03. The number of rotatable bonds is 6. The van der Waals surface area contributed by atoms with Gasteiger partial charge in [-0.2, -0.15) is 0 Å². The van der Waals surface area contributed by atoms with Crippen LogP contribution in [0.3, 0.4) is 0 Å². The molecule has 7 nitrogen and oxygen atoms in total. The van der Waals surface area contributed by atoms with Crippen LogP contribution in [0.25, 0.3) is 0 Å². The van der Waals surface area contributed by atoms with Crippen molar-refractivity contribution in [1.29, 1.82) is 0 Å². The minimum atomic E-state index is -0.450. The summed E-state index contributed by atoms with van der Waals surface area (Å²) in [4.78, 5) is 16.7. The van der Waals surface area contributed by atoms with Crippen LogP contribution in [0.15, 0.2) is 42.6 Å². The first-order valence-corrected chi connectivity index (χ1v) is 7.93. The molecule has 1 aromatic carbocycles. The van der Waals surface area contributed by atoms with Gasteiger partial charge in [0.05, 0.1) is 18.1 Å². The number of benzene rings is 1. The molecular formula is C17H20N4O3. The molecule has 0 amide bonds. The van der Waals surface area contributed by atoms with Gasteiger partial charge in [0.25, 0.3) is 5.69 Å². The van der Waals surface area contributed by atoms with Crippen LogP contribution in [0.1, 0.15) is 11.1 Å². The summed E-state index contributed by atoms with van der Waals surface area (Å²) in [6, 6.07) is 11.4. The summed E-state index contributed by atoms with van der Waals surface area (Å²) in [6.07, 6.45) is 1.27. The highest BCUT2D eigenvalue weighted by Gasteiger charge is 2.12. The van der Waals surface area contributed by atoms with Crippen molar-refractivity contribution in [2.75, 3.05) is 31.6 Å². The third kappa shape index (κ3) is 4.27. The Bertz CT molecular complexity index is 684. The summed E-state index contributed by atoms with van der Waals surface area (Å²) >= 11 is 0. The molecule has 2 aromatic rings. The minimum absolute atomic E-state index is 0.00623. The Morgan fingerprint density at radius 1 is 1.17 bits per heavy atom. The molecule has 1 aliphatic heterocycles. The topological polar surface area (TPSA) is 80.5 Å². The average molecular weight is 328 g/mol. The standard InChI is InChI=1S/C17H20N4O3/c22-21(23)16-5-6-17(19-12-16)18-11-14-3-1-2-4-15(14)13-20-7-9-24-10-8-20/h1-6,12H,7-11,13H2,(H,18,19). The highest BCUT2D eigenvalue weighted by Crippen LogP contribution is 2.16. The Hall–Kier alpha value is -2.51. The zero-order valence-electron chi connectivity index (χ0n) is 13.4. The molecule has 1 N–H and O–H groups in total. The van der Waals surface area contributed by atoms with E-state index >= 15 is 0 Å². The molecule has 24 heavy (non-hydrogen) atoms. The summed E-state index contributed by atoms with van der Waals surface area (Å²) in [6.45, 7) is 5.00. The second kappa shape index (κ2) is 7.85. The van der Waals surface area contributed by atoms with E-state index in [4.69, 9.17) is 4.74 Å². The first-order chi connectivity index (χ1) is 11.7. The number of hydrogen-bond donors (Lipinski definition) is 1. The molecule has 1 saturated heterocycles. The molecule has 0 radical (unpaired) electrons. The first kappa shape index (κ1) is 16.4. The number of nitrogens with one attached hydrogen (secondary N) is 1. The number of nitro groups is 1. The van der Waals surface area contributed by atoms with Gasteiger partial charge in [-0.25, -0.2) is 4.98 Å². The van der Waals surface area contributed by atoms with E-state index in [0.29, 0.717) is 12.4 Å². The van der Waals surface area contributed by atoms with Gasteiger partial charge in [-0.1, -0.05) is 24.3 Å². The van der Waals surface area contributed by atoms with Crippen LogP contribution in [0.4, 0.5) is 11.5 Å². The number of aromatic nitrogens is 1. The summed E-state index contributed by atoms with van der Waals surface area (Å²) in [5.41, 5.74) is 2.46. The Morgan fingerprint density at radius 2 is 1.92 bits per heavy atom. The molecule has 1 aromatic heterocycles. The van der Waals surface area contributed by atoms with E-state index in [1.165, 1.54) is 23.4 Å². The van der Waals surface area contributed by atoms with Gasteiger partial charge in [0.2, 0.25) is 0 Å². The molecule has 3 rings (SSSR count). The summed E-state index contributed by atoms with van der Waals surface area (Å²) in [5, 5.41) is 13.9. The summed E-state index contributed by atoms with van der Waals surface area (Å²) in [5.74, 6) is 0.627. The number of anilines is 1. The smallest absolute Gasteiger partial charge is 0.287 e. The van der Waals surface area contributed by atoms with Crippen LogP contribution < -0.4 is 5.32 Å². The quantitative estimate of drug-likeness (QED) is 0.648. The Morgan fingerprint density at radius 3 is 2.58 bits per heavy atom.